The first-order chi connectivity index (χ1) is 11.9. The monoisotopic (exact) mass is 372 g/mol. The second-order valence-electron chi connectivity index (χ2n) is 6.10. The molecule has 25 heavy (non-hydrogen) atoms. The van der Waals surface area contributed by atoms with Crippen molar-refractivity contribution < 1.29 is 8.42 Å². The standard InChI is InChI=1S/C19H20N2O2S2/c1-13-8-9-18(25(22,23)12-15-6-4-3-5-7-15)16(10-13)17-11-24-19(21-17)14(2)20/h3-11,14H,12,20H2,1-2H3. The molecule has 1 unspecified atom stereocenters. The van der Waals surface area contributed by atoms with Gasteiger partial charge in [-0.1, -0.05) is 42.0 Å². The van der Waals surface area contributed by atoms with Gasteiger partial charge in [0.2, 0.25) is 0 Å². The van der Waals surface area contributed by atoms with E-state index in [1.165, 1.54) is 11.3 Å². The number of rotatable bonds is 5. The van der Waals surface area contributed by atoms with E-state index in [4.69, 9.17) is 5.73 Å². The highest BCUT2D eigenvalue weighted by Gasteiger charge is 2.22. The third-order valence-electron chi connectivity index (χ3n) is 3.86. The molecule has 0 saturated heterocycles. The van der Waals surface area contributed by atoms with Crippen molar-refractivity contribution in [1.82, 2.24) is 4.98 Å². The van der Waals surface area contributed by atoms with Gasteiger partial charge in [-0.15, -0.1) is 11.3 Å². The lowest BCUT2D eigenvalue weighted by atomic mass is 10.1. The van der Waals surface area contributed by atoms with Crippen molar-refractivity contribution >= 4 is 21.2 Å². The van der Waals surface area contributed by atoms with E-state index in [0.717, 1.165) is 16.1 Å². The first-order valence-electron chi connectivity index (χ1n) is 7.95. The quantitative estimate of drug-likeness (QED) is 0.731. The second kappa shape index (κ2) is 7.07. The van der Waals surface area contributed by atoms with Crippen LogP contribution in [-0.2, 0) is 15.6 Å². The summed E-state index contributed by atoms with van der Waals surface area (Å²) in [4.78, 5) is 4.84. The lowest BCUT2D eigenvalue weighted by Crippen LogP contribution is -2.07. The molecular formula is C19H20N2O2S2. The van der Waals surface area contributed by atoms with Gasteiger partial charge in [-0.3, -0.25) is 0 Å². The van der Waals surface area contributed by atoms with Crippen molar-refractivity contribution in [3.63, 3.8) is 0 Å². The smallest absolute Gasteiger partial charge is 0.183 e. The summed E-state index contributed by atoms with van der Waals surface area (Å²) >= 11 is 1.45. The fourth-order valence-electron chi connectivity index (χ4n) is 2.61. The average molecular weight is 373 g/mol. The number of benzene rings is 2. The zero-order valence-electron chi connectivity index (χ0n) is 14.1. The molecule has 0 fully saturated rings. The number of hydrogen-bond donors (Lipinski definition) is 1. The Morgan fingerprint density at radius 3 is 2.52 bits per heavy atom. The maximum Gasteiger partial charge on any atom is 0.183 e. The molecule has 0 saturated carbocycles. The van der Waals surface area contributed by atoms with Crippen LogP contribution < -0.4 is 5.73 Å². The lowest BCUT2D eigenvalue weighted by Gasteiger charge is -2.10. The van der Waals surface area contributed by atoms with Crippen molar-refractivity contribution in [2.75, 3.05) is 0 Å². The molecule has 3 aromatic rings. The molecule has 1 atom stereocenters. The minimum Gasteiger partial charge on any atom is -0.322 e. The summed E-state index contributed by atoms with van der Waals surface area (Å²) < 4.78 is 26.0. The first kappa shape index (κ1) is 17.8. The van der Waals surface area contributed by atoms with Crippen molar-refractivity contribution in [3.05, 3.63) is 70.0 Å². The van der Waals surface area contributed by atoms with Crippen LogP contribution in [0.4, 0.5) is 0 Å². The molecule has 130 valence electrons. The number of sulfone groups is 1. The third kappa shape index (κ3) is 3.98. The molecular weight excluding hydrogens is 352 g/mol. The highest BCUT2D eigenvalue weighted by molar-refractivity contribution is 7.90. The summed E-state index contributed by atoms with van der Waals surface area (Å²) in [6, 6.07) is 14.4. The summed E-state index contributed by atoms with van der Waals surface area (Å²) in [6.07, 6.45) is 0. The molecule has 0 spiro atoms. The van der Waals surface area contributed by atoms with Crippen LogP contribution >= 0.6 is 11.3 Å². The topological polar surface area (TPSA) is 73.0 Å². The molecule has 1 heterocycles. The molecule has 0 aliphatic carbocycles. The van der Waals surface area contributed by atoms with Crippen molar-refractivity contribution in [2.45, 2.75) is 30.5 Å². The Hall–Kier alpha value is -2.02. The van der Waals surface area contributed by atoms with Gasteiger partial charge in [-0.2, -0.15) is 0 Å². The number of hydrogen-bond acceptors (Lipinski definition) is 5. The van der Waals surface area contributed by atoms with E-state index < -0.39 is 9.84 Å². The molecule has 2 aromatic carbocycles. The molecule has 0 bridgehead atoms. The maximum atomic E-state index is 13.0. The van der Waals surface area contributed by atoms with Crippen LogP contribution in [0.15, 0.2) is 58.8 Å². The Bertz CT molecular complexity index is 978. The Morgan fingerprint density at radius 1 is 1.16 bits per heavy atom. The third-order valence-corrected chi connectivity index (χ3v) is 6.64. The zero-order valence-corrected chi connectivity index (χ0v) is 15.8. The highest BCUT2D eigenvalue weighted by Crippen LogP contribution is 2.32. The Morgan fingerprint density at radius 2 is 1.88 bits per heavy atom. The number of aromatic nitrogens is 1. The fraction of sp³-hybridized carbons (Fsp3) is 0.211. The molecule has 0 aliphatic rings. The molecule has 0 amide bonds. The number of nitrogens with two attached hydrogens (primary N) is 1. The normalized spacial score (nSPS) is 12.9. The summed E-state index contributed by atoms with van der Waals surface area (Å²) in [6.45, 7) is 3.81. The maximum absolute atomic E-state index is 13.0. The van der Waals surface area contributed by atoms with Gasteiger partial charge in [0.1, 0.15) is 5.01 Å². The van der Waals surface area contributed by atoms with Gasteiger partial charge in [0, 0.05) is 10.9 Å². The number of thiazole rings is 1. The number of nitrogens with zero attached hydrogens (tertiary/aromatic N) is 1. The minimum absolute atomic E-state index is 0.0335. The van der Waals surface area contributed by atoms with Crippen LogP contribution in [0.3, 0.4) is 0 Å². The molecule has 0 aliphatic heterocycles. The lowest BCUT2D eigenvalue weighted by molar-refractivity contribution is 0.595. The van der Waals surface area contributed by atoms with Gasteiger partial charge in [-0.05, 0) is 31.5 Å². The van der Waals surface area contributed by atoms with Gasteiger partial charge in [0.05, 0.1) is 22.4 Å². The molecule has 0 radical (unpaired) electrons. The van der Waals surface area contributed by atoms with E-state index in [1.807, 2.05) is 61.7 Å². The number of aryl methyl sites for hydroxylation is 1. The van der Waals surface area contributed by atoms with E-state index in [9.17, 15) is 8.42 Å². The Labute approximate surface area is 152 Å². The fourth-order valence-corrected chi connectivity index (χ4v) is 4.95. The SMILES string of the molecule is Cc1ccc(S(=O)(=O)Cc2ccccc2)c(-c2csc(C(C)N)n2)c1. The predicted molar refractivity (Wildman–Crippen MR) is 102 cm³/mol. The molecule has 3 rings (SSSR count). The van der Waals surface area contributed by atoms with E-state index in [1.54, 1.807) is 6.07 Å². The second-order valence-corrected chi connectivity index (χ2v) is 8.95. The zero-order chi connectivity index (χ0) is 18.0. The van der Waals surface area contributed by atoms with Crippen molar-refractivity contribution in [2.24, 2.45) is 5.73 Å². The summed E-state index contributed by atoms with van der Waals surface area (Å²) in [5, 5.41) is 2.66. The molecule has 1 aromatic heterocycles. The summed E-state index contributed by atoms with van der Waals surface area (Å²) in [5.41, 5.74) is 8.95. The van der Waals surface area contributed by atoms with Crippen LogP contribution in [0.2, 0.25) is 0 Å². The van der Waals surface area contributed by atoms with Crippen LogP contribution in [0, 0.1) is 6.92 Å². The van der Waals surface area contributed by atoms with Gasteiger partial charge in [-0.25, -0.2) is 13.4 Å². The van der Waals surface area contributed by atoms with E-state index >= 15 is 0 Å². The van der Waals surface area contributed by atoms with E-state index in [2.05, 4.69) is 4.98 Å². The Balaban J connectivity index is 2.07. The molecule has 2 N–H and O–H groups in total. The van der Waals surface area contributed by atoms with E-state index in [0.29, 0.717) is 16.2 Å². The molecule has 6 heteroatoms. The van der Waals surface area contributed by atoms with Crippen molar-refractivity contribution in [1.29, 1.82) is 0 Å². The van der Waals surface area contributed by atoms with Crippen LogP contribution in [0.25, 0.3) is 11.3 Å². The van der Waals surface area contributed by atoms with Gasteiger partial charge in [0.15, 0.2) is 9.84 Å². The largest absolute Gasteiger partial charge is 0.322 e. The first-order valence-corrected chi connectivity index (χ1v) is 10.5. The molecule has 4 nitrogen and oxygen atoms in total. The van der Waals surface area contributed by atoms with Gasteiger partial charge < -0.3 is 5.73 Å². The van der Waals surface area contributed by atoms with Crippen LogP contribution in [0.1, 0.15) is 29.1 Å². The predicted octanol–water partition coefficient (Wildman–Crippen LogP) is 4.11. The van der Waals surface area contributed by atoms with Crippen LogP contribution in [-0.4, -0.2) is 13.4 Å². The van der Waals surface area contributed by atoms with Crippen LogP contribution in [0.5, 0.6) is 0 Å². The summed E-state index contributed by atoms with van der Waals surface area (Å²) in [7, 11) is -3.49. The van der Waals surface area contributed by atoms with Gasteiger partial charge in [0.25, 0.3) is 0 Å². The minimum atomic E-state index is -3.49. The highest BCUT2D eigenvalue weighted by atomic mass is 32.2. The summed E-state index contributed by atoms with van der Waals surface area (Å²) in [5.74, 6) is -0.0335. The van der Waals surface area contributed by atoms with Gasteiger partial charge >= 0.3 is 0 Å². The Kier molecular flexibility index (Phi) is 5.03. The van der Waals surface area contributed by atoms with E-state index in [-0.39, 0.29) is 11.8 Å². The van der Waals surface area contributed by atoms with Crippen molar-refractivity contribution in [3.8, 4) is 11.3 Å². The average Bonchev–Trinajstić information content (AvgIpc) is 3.05.